The number of methoxy groups -OCH3 is 1. The molecule has 144 valence electrons. The predicted octanol–water partition coefficient (Wildman–Crippen LogP) is 3.57. The van der Waals surface area contributed by atoms with Gasteiger partial charge in [-0.15, -0.1) is 0 Å². The molecule has 0 aliphatic rings. The lowest BCUT2D eigenvalue weighted by Crippen LogP contribution is -2.28. The number of benzene rings is 2. The SMILES string of the molecule is COc1cccc(CNC(=O)COC(=O)c2ccc(-c3ccccc3F)o2)c1. The van der Waals surface area contributed by atoms with Crippen LogP contribution in [0.2, 0.25) is 0 Å². The third-order valence-electron chi connectivity index (χ3n) is 3.90. The fraction of sp³-hybridized carbons (Fsp3) is 0.143. The van der Waals surface area contributed by atoms with Gasteiger partial charge in [0.2, 0.25) is 5.76 Å². The normalized spacial score (nSPS) is 10.4. The summed E-state index contributed by atoms with van der Waals surface area (Å²) in [4.78, 5) is 23.9. The predicted molar refractivity (Wildman–Crippen MR) is 99.2 cm³/mol. The summed E-state index contributed by atoms with van der Waals surface area (Å²) in [6, 6.07) is 16.1. The maximum atomic E-state index is 13.8. The molecule has 0 aliphatic heterocycles. The van der Waals surface area contributed by atoms with Crippen molar-refractivity contribution in [3.05, 3.63) is 77.8 Å². The first-order chi connectivity index (χ1) is 13.6. The van der Waals surface area contributed by atoms with Crippen molar-refractivity contribution in [2.75, 3.05) is 13.7 Å². The summed E-state index contributed by atoms with van der Waals surface area (Å²) in [5.41, 5.74) is 1.08. The Labute approximate surface area is 160 Å². The molecule has 0 spiro atoms. The van der Waals surface area contributed by atoms with E-state index in [-0.39, 0.29) is 23.6 Å². The summed E-state index contributed by atoms with van der Waals surface area (Å²) >= 11 is 0. The van der Waals surface area contributed by atoms with Crippen molar-refractivity contribution in [1.82, 2.24) is 5.32 Å². The Hall–Kier alpha value is -3.61. The summed E-state index contributed by atoms with van der Waals surface area (Å²) in [6.45, 7) is -0.190. The molecular formula is C21H18FNO5. The number of furan rings is 1. The van der Waals surface area contributed by atoms with Gasteiger partial charge in [-0.1, -0.05) is 24.3 Å². The van der Waals surface area contributed by atoms with Gasteiger partial charge in [-0.25, -0.2) is 9.18 Å². The number of halogens is 1. The highest BCUT2D eigenvalue weighted by atomic mass is 19.1. The van der Waals surface area contributed by atoms with Crippen molar-refractivity contribution in [1.29, 1.82) is 0 Å². The Bertz CT molecular complexity index is 982. The Balaban J connectivity index is 1.51. The molecule has 0 bridgehead atoms. The van der Waals surface area contributed by atoms with Crippen molar-refractivity contribution in [3.8, 4) is 17.1 Å². The zero-order valence-corrected chi connectivity index (χ0v) is 15.1. The van der Waals surface area contributed by atoms with E-state index in [0.717, 1.165) is 5.56 Å². The van der Waals surface area contributed by atoms with Crippen LogP contribution in [0.3, 0.4) is 0 Å². The van der Waals surface area contributed by atoms with Gasteiger partial charge in [0, 0.05) is 6.54 Å². The summed E-state index contributed by atoms with van der Waals surface area (Å²) in [5.74, 6) is -0.960. The number of hydrogen-bond acceptors (Lipinski definition) is 5. The van der Waals surface area contributed by atoms with Crippen molar-refractivity contribution < 1.29 is 27.9 Å². The van der Waals surface area contributed by atoms with Gasteiger partial charge in [0.05, 0.1) is 12.7 Å². The first-order valence-electron chi connectivity index (χ1n) is 8.48. The standard InChI is InChI=1S/C21H18FNO5/c1-26-15-6-4-5-14(11-15)12-23-20(24)13-27-21(25)19-10-9-18(28-19)16-7-2-3-8-17(16)22/h2-11H,12-13H2,1H3,(H,23,24). The van der Waals surface area contributed by atoms with E-state index >= 15 is 0 Å². The maximum absolute atomic E-state index is 13.8. The van der Waals surface area contributed by atoms with Gasteiger partial charge in [-0.3, -0.25) is 4.79 Å². The molecule has 0 saturated heterocycles. The summed E-state index contributed by atoms with van der Waals surface area (Å²) in [6.07, 6.45) is 0. The summed E-state index contributed by atoms with van der Waals surface area (Å²) in [7, 11) is 1.56. The van der Waals surface area contributed by atoms with Crippen LogP contribution in [0, 0.1) is 5.82 Å². The van der Waals surface area contributed by atoms with E-state index in [0.29, 0.717) is 5.75 Å². The van der Waals surface area contributed by atoms with Gasteiger partial charge >= 0.3 is 5.97 Å². The molecule has 0 atom stereocenters. The van der Waals surface area contributed by atoms with Crippen molar-refractivity contribution in [3.63, 3.8) is 0 Å². The molecule has 0 saturated carbocycles. The molecule has 1 heterocycles. The van der Waals surface area contributed by atoms with E-state index in [9.17, 15) is 14.0 Å². The maximum Gasteiger partial charge on any atom is 0.374 e. The number of amides is 1. The topological polar surface area (TPSA) is 77.8 Å². The van der Waals surface area contributed by atoms with E-state index in [1.165, 1.54) is 24.3 Å². The van der Waals surface area contributed by atoms with Gasteiger partial charge in [0.15, 0.2) is 6.61 Å². The molecule has 1 aromatic heterocycles. The van der Waals surface area contributed by atoms with E-state index in [4.69, 9.17) is 13.9 Å². The average molecular weight is 383 g/mol. The minimum absolute atomic E-state index is 0.112. The molecule has 0 radical (unpaired) electrons. The lowest BCUT2D eigenvalue weighted by Gasteiger charge is -2.07. The first-order valence-corrected chi connectivity index (χ1v) is 8.48. The fourth-order valence-electron chi connectivity index (χ4n) is 2.49. The molecule has 0 unspecified atom stereocenters. The number of ether oxygens (including phenoxy) is 2. The van der Waals surface area contributed by atoms with E-state index in [2.05, 4.69) is 5.32 Å². The first kappa shape index (κ1) is 19.2. The lowest BCUT2D eigenvalue weighted by atomic mass is 10.1. The van der Waals surface area contributed by atoms with E-state index in [1.54, 1.807) is 31.4 Å². The monoisotopic (exact) mass is 383 g/mol. The van der Waals surface area contributed by atoms with Crippen LogP contribution < -0.4 is 10.1 Å². The van der Waals surface area contributed by atoms with E-state index in [1.807, 2.05) is 12.1 Å². The van der Waals surface area contributed by atoms with Crippen LogP contribution in [-0.4, -0.2) is 25.6 Å². The highest BCUT2D eigenvalue weighted by Crippen LogP contribution is 2.25. The van der Waals surface area contributed by atoms with E-state index < -0.39 is 24.3 Å². The van der Waals surface area contributed by atoms with Gasteiger partial charge < -0.3 is 19.2 Å². The summed E-state index contributed by atoms with van der Waals surface area (Å²) < 4.78 is 29.2. The second-order valence-electron chi connectivity index (χ2n) is 5.85. The minimum Gasteiger partial charge on any atom is -0.497 e. The Kier molecular flexibility index (Phi) is 6.06. The Morgan fingerprint density at radius 1 is 1.07 bits per heavy atom. The molecule has 1 N–H and O–H groups in total. The molecule has 3 aromatic rings. The van der Waals surface area contributed by atoms with Crippen LogP contribution >= 0.6 is 0 Å². The van der Waals surface area contributed by atoms with Crippen LogP contribution in [0.5, 0.6) is 5.75 Å². The van der Waals surface area contributed by atoms with Crippen LogP contribution in [0.25, 0.3) is 11.3 Å². The quantitative estimate of drug-likeness (QED) is 0.631. The average Bonchev–Trinajstić information content (AvgIpc) is 3.21. The van der Waals surface area contributed by atoms with Crippen LogP contribution in [0.4, 0.5) is 4.39 Å². The fourth-order valence-corrected chi connectivity index (χ4v) is 2.49. The molecule has 3 rings (SSSR count). The molecular weight excluding hydrogens is 365 g/mol. The number of carbonyl (C=O) groups excluding carboxylic acids is 2. The van der Waals surface area contributed by atoms with Gasteiger partial charge in [-0.05, 0) is 42.0 Å². The van der Waals surface area contributed by atoms with Crippen LogP contribution in [0.1, 0.15) is 16.1 Å². The number of rotatable bonds is 7. The molecule has 0 aliphatic carbocycles. The second-order valence-corrected chi connectivity index (χ2v) is 5.85. The van der Waals surface area contributed by atoms with Gasteiger partial charge in [0.1, 0.15) is 17.3 Å². The highest BCUT2D eigenvalue weighted by molar-refractivity contribution is 5.89. The third kappa shape index (κ3) is 4.76. The number of hydrogen-bond donors (Lipinski definition) is 1. The Morgan fingerprint density at radius 3 is 2.68 bits per heavy atom. The number of esters is 1. The zero-order valence-electron chi connectivity index (χ0n) is 15.1. The smallest absolute Gasteiger partial charge is 0.374 e. The minimum atomic E-state index is -0.806. The number of nitrogens with one attached hydrogen (secondary N) is 1. The lowest BCUT2D eigenvalue weighted by molar-refractivity contribution is -0.124. The number of carbonyl (C=O) groups is 2. The van der Waals surface area contributed by atoms with Crippen molar-refractivity contribution in [2.45, 2.75) is 6.54 Å². The van der Waals surface area contributed by atoms with Gasteiger partial charge in [0.25, 0.3) is 5.91 Å². The second kappa shape index (κ2) is 8.85. The van der Waals surface area contributed by atoms with Crippen molar-refractivity contribution in [2.24, 2.45) is 0 Å². The molecule has 28 heavy (non-hydrogen) atoms. The molecule has 1 amide bonds. The van der Waals surface area contributed by atoms with Crippen LogP contribution in [-0.2, 0) is 16.1 Å². The van der Waals surface area contributed by atoms with Crippen molar-refractivity contribution >= 4 is 11.9 Å². The highest BCUT2D eigenvalue weighted by Gasteiger charge is 2.16. The van der Waals surface area contributed by atoms with Gasteiger partial charge in [-0.2, -0.15) is 0 Å². The molecule has 7 heteroatoms. The molecule has 2 aromatic carbocycles. The zero-order chi connectivity index (χ0) is 19.9. The molecule has 6 nitrogen and oxygen atoms in total. The largest absolute Gasteiger partial charge is 0.497 e. The Morgan fingerprint density at radius 2 is 1.89 bits per heavy atom. The molecule has 0 fully saturated rings. The summed E-state index contributed by atoms with van der Waals surface area (Å²) in [5, 5.41) is 2.64. The third-order valence-corrected chi connectivity index (χ3v) is 3.90. The van der Waals surface area contributed by atoms with Crippen LogP contribution in [0.15, 0.2) is 65.1 Å².